The van der Waals surface area contributed by atoms with Crippen LogP contribution in [0.2, 0.25) is 0 Å². The first kappa shape index (κ1) is 42.4. The zero-order valence-electron chi connectivity index (χ0n) is 34.4. The Kier molecular flexibility index (Phi) is 17.6. The molecule has 0 atom stereocenters. The van der Waals surface area contributed by atoms with E-state index in [1.54, 1.807) is 0 Å². The van der Waals surface area contributed by atoms with E-state index in [4.69, 9.17) is 5.41 Å². The first-order chi connectivity index (χ1) is 27.6. The number of fused-ring (bicyclic) bond motifs is 2. The van der Waals surface area contributed by atoms with Crippen molar-refractivity contribution in [3.63, 3.8) is 0 Å². The number of Topliss-reactive ketones (excluding diaryl/α,β-unsaturated/α-hetero) is 1. The number of aromatic nitrogens is 1. The summed E-state index contributed by atoms with van der Waals surface area (Å²) < 4.78 is 2.32. The lowest BCUT2D eigenvalue weighted by Gasteiger charge is -2.29. The minimum Gasteiger partial charge on any atom is -0.347 e. The molecule has 2 aromatic carbocycles. The van der Waals surface area contributed by atoms with Gasteiger partial charge in [-0.1, -0.05) is 153 Å². The third kappa shape index (κ3) is 11.6. The molecular weight excluding hydrogens is 685 g/mol. The Morgan fingerprint density at radius 3 is 1.96 bits per heavy atom. The van der Waals surface area contributed by atoms with Gasteiger partial charge in [0.15, 0.2) is 12.0 Å². The van der Waals surface area contributed by atoms with Crippen molar-refractivity contribution in [2.45, 2.75) is 149 Å². The number of nitrogens with one attached hydrogen (secondary N) is 1. The molecule has 1 aromatic heterocycles. The third-order valence-electron chi connectivity index (χ3n) is 11.5. The number of nitrogens with zero attached hydrogens (tertiary/aromatic N) is 3. The van der Waals surface area contributed by atoms with E-state index in [0.29, 0.717) is 16.7 Å². The summed E-state index contributed by atoms with van der Waals surface area (Å²) in [4.78, 5) is 16.3. The van der Waals surface area contributed by atoms with Crippen LogP contribution in [-0.4, -0.2) is 18.2 Å². The smallest absolute Gasteiger partial charge is 0.213 e. The molecule has 5 rings (SSSR count). The van der Waals surface area contributed by atoms with Crippen molar-refractivity contribution in [2.24, 2.45) is 0 Å². The molecule has 0 amide bonds. The number of carbonyl (C=O) groups is 1. The fourth-order valence-electron chi connectivity index (χ4n) is 8.25. The van der Waals surface area contributed by atoms with Crippen molar-refractivity contribution >= 4 is 39.9 Å². The van der Waals surface area contributed by atoms with Crippen LogP contribution in [0, 0.1) is 16.7 Å². The molecule has 56 heavy (non-hydrogen) atoms. The van der Waals surface area contributed by atoms with E-state index in [2.05, 4.69) is 96.2 Å². The molecule has 0 saturated heterocycles. The highest BCUT2D eigenvalue weighted by molar-refractivity contribution is 6.27. The molecular formula is C51H65N4O+. The van der Waals surface area contributed by atoms with Gasteiger partial charge in [-0.3, -0.25) is 10.2 Å². The SMILES string of the molecule is CCCCCCCCCCCCN1C=CC(=CC2=C(C(=C=N)C#N)C(=Cc3cc[n+](CCCCCCCCCCCC)c4ccccc34)C2=O)c2ccccc21. The summed E-state index contributed by atoms with van der Waals surface area (Å²) in [5.41, 5.74) is 6.69. The first-order valence-corrected chi connectivity index (χ1v) is 22.0. The Labute approximate surface area is 337 Å². The van der Waals surface area contributed by atoms with E-state index in [-0.39, 0.29) is 11.4 Å². The van der Waals surface area contributed by atoms with Crippen LogP contribution in [0.4, 0.5) is 5.69 Å². The fraction of sp³-hybridized carbons (Fsp3) is 0.471. The van der Waals surface area contributed by atoms with Crippen LogP contribution in [0.15, 0.2) is 101 Å². The Hall–Kier alpha value is -4.78. The van der Waals surface area contributed by atoms with Crippen LogP contribution in [0.3, 0.4) is 0 Å². The predicted molar refractivity (Wildman–Crippen MR) is 236 cm³/mol. The molecule has 1 N–H and O–H groups in total. The summed E-state index contributed by atoms with van der Waals surface area (Å²) >= 11 is 0. The number of rotatable bonds is 25. The number of pyridine rings is 1. The van der Waals surface area contributed by atoms with Crippen molar-refractivity contribution in [3.8, 4) is 6.07 Å². The second-order valence-electron chi connectivity index (χ2n) is 15.8. The van der Waals surface area contributed by atoms with E-state index in [0.717, 1.165) is 59.2 Å². The standard InChI is InChI=1S/C51H65N4O/c1-3-5-7-9-11-13-15-17-19-25-33-54-35-31-41(44-27-21-23-29-48(44)54)37-46-50(43(39-52)40-53)47(51(46)56)38-42-32-36-55(49-30-24-22-28-45(42)49)34-26-20-18-16-14-12-10-8-6-4-2/h21-24,27-32,35-38,52H,3-20,25-26,33-34H2,1-2H3/q+1. The van der Waals surface area contributed by atoms with E-state index in [1.165, 1.54) is 116 Å². The molecule has 0 saturated carbocycles. The highest BCUT2D eigenvalue weighted by Gasteiger charge is 2.35. The van der Waals surface area contributed by atoms with Crippen LogP contribution in [0.5, 0.6) is 0 Å². The van der Waals surface area contributed by atoms with E-state index < -0.39 is 0 Å². The summed E-state index contributed by atoms with van der Waals surface area (Å²) in [5.74, 6) is 2.22. The number of benzene rings is 2. The van der Waals surface area contributed by atoms with Gasteiger partial charge in [0, 0.05) is 59.3 Å². The normalized spacial score (nSPS) is 15.0. The number of carbonyl (C=O) groups excluding carboxylic acids is 1. The van der Waals surface area contributed by atoms with Crippen LogP contribution in [0.25, 0.3) is 22.6 Å². The van der Waals surface area contributed by atoms with Gasteiger partial charge in [-0.05, 0) is 60.2 Å². The maximum absolute atomic E-state index is 14.0. The molecule has 3 aromatic rings. The molecule has 5 heteroatoms. The molecule has 0 unspecified atom stereocenters. The molecule has 2 aliphatic rings. The van der Waals surface area contributed by atoms with Crippen molar-refractivity contribution in [1.29, 1.82) is 10.7 Å². The van der Waals surface area contributed by atoms with Crippen molar-refractivity contribution in [3.05, 3.63) is 113 Å². The average molecular weight is 750 g/mol. The zero-order chi connectivity index (χ0) is 39.4. The van der Waals surface area contributed by atoms with Crippen LogP contribution < -0.4 is 9.47 Å². The van der Waals surface area contributed by atoms with Gasteiger partial charge in [0.2, 0.25) is 5.52 Å². The number of hydrogen-bond donors (Lipinski definition) is 1. The summed E-state index contributed by atoms with van der Waals surface area (Å²) in [6.07, 6.45) is 36.3. The average Bonchev–Trinajstić information content (AvgIpc) is 3.23. The Bertz CT molecular complexity index is 1980. The van der Waals surface area contributed by atoms with Crippen LogP contribution in [-0.2, 0) is 11.3 Å². The molecule has 0 radical (unpaired) electrons. The number of unbranched alkanes of at least 4 members (excludes halogenated alkanes) is 18. The molecule has 0 fully saturated rings. The minimum absolute atomic E-state index is 0.0784. The number of aryl methyl sites for hydroxylation is 1. The van der Waals surface area contributed by atoms with Gasteiger partial charge in [0.1, 0.15) is 18.2 Å². The van der Waals surface area contributed by atoms with E-state index in [1.807, 2.05) is 24.3 Å². The van der Waals surface area contributed by atoms with Crippen molar-refractivity contribution < 1.29 is 9.36 Å². The highest BCUT2D eigenvalue weighted by Crippen LogP contribution is 2.41. The topological polar surface area (TPSA) is 71.8 Å². The summed E-state index contributed by atoms with van der Waals surface area (Å²) in [6.45, 7) is 6.45. The summed E-state index contributed by atoms with van der Waals surface area (Å²) in [7, 11) is 0. The maximum Gasteiger partial charge on any atom is 0.213 e. The number of anilines is 1. The Morgan fingerprint density at radius 2 is 1.32 bits per heavy atom. The maximum atomic E-state index is 14.0. The van der Waals surface area contributed by atoms with Gasteiger partial charge in [-0.25, -0.2) is 0 Å². The van der Waals surface area contributed by atoms with Crippen LogP contribution in [0.1, 0.15) is 153 Å². The number of hydrogen-bond acceptors (Lipinski definition) is 4. The number of nitriles is 1. The van der Waals surface area contributed by atoms with Gasteiger partial charge in [0.05, 0.1) is 5.39 Å². The van der Waals surface area contributed by atoms with E-state index in [9.17, 15) is 10.1 Å². The predicted octanol–water partition coefficient (Wildman–Crippen LogP) is 13.3. The monoisotopic (exact) mass is 750 g/mol. The van der Waals surface area contributed by atoms with Crippen molar-refractivity contribution in [2.75, 3.05) is 11.4 Å². The molecule has 1 aliphatic heterocycles. The van der Waals surface area contributed by atoms with Gasteiger partial charge < -0.3 is 4.90 Å². The van der Waals surface area contributed by atoms with Crippen LogP contribution >= 0.6 is 0 Å². The molecule has 2 heterocycles. The minimum atomic E-state index is -0.111. The third-order valence-corrected chi connectivity index (χ3v) is 11.5. The summed E-state index contributed by atoms with van der Waals surface area (Å²) in [6, 6.07) is 20.9. The van der Waals surface area contributed by atoms with E-state index >= 15 is 0 Å². The largest absolute Gasteiger partial charge is 0.347 e. The fourth-order valence-corrected chi connectivity index (χ4v) is 8.25. The lowest BCUT2D eigenvalue weighted by atomic mass is 9.75. The van der Waals surface area contributed by atoms with Gasteiger partial charge >= 0.3 is 0 Å². The second kappa shape index (κ2) is 23.3. The number of para-hydroxylation sites is 2. The molecule has 5 nitrogen and oxygen atoms in total. The lowest BCUT2D eigenvalue weighted by molar-refractivity contribution is -0.671. The van der Waals surface area contributed by atoms with Gasteiger partial charge in [-0.2, -0.15) is 9.83 Å². The van der Waals surface area contributed by atoms with Gasteiger partial charge in [-0.15, -0.1) is 0 Å². The highest BCUT2D eigenvalue weighted by atomic mass is 16.1. The second-order valence-corrected chi connectivity index (χ2v) is 15.8. The molecule has 0 spiro atoms. The lowest BCUT2D eigenvalue weighted by Crippen LogP contribution is -2.34. The summed E-state index contributed by atoms with van der Waals surface area (Å²) in [5, 5.41) is 19.1. The first-order valence-electron chi connectivity index (χ1n) is 22.0. The molecule has 294 valence electrons. The van der Waals surface area contributed by atoms with Crippen molar-refractivity contribution in [1.82, 2.24) is 0 Å². The molecule has 1 aliphatic carbocycles. The number of ketones is 1. The number of allylic oxidation sites excluding steroid dienone is 7. The Balaban J connectivity index is 1.27. The molecule has 0 bridgehead atoms. The Morgan fingerprint density at radius 1 is 0.732 bits per heavy atom. The van der Waals surface area contributed by atoms with Gasteiger partial charge in [0.25, 0.3) is 0 Å². The zero-order valence-corrected chi connectivity index (χ0v) is 34.4. The quantitative estimate of drug-likeness (QED) is 0.0308.